The van der Waals surface area contributed by atoms with Gasteiger partial charge in [0, 0.05) is 25.8 Å². The number of carbonyl (C=O) groups is 1. The van der Waals surface area contributed by atoms with E-state index in [0.29, 0.717) is 6.54 Å². The zero-order valence-electron chi connectivity index (χ0n) is 13.2. The van der Waals surface area contributed by atoms with Crippen molar-refractivity contribution in [2.45, 2.75) is 32.0 Å². The Hall–Kier alpha value is -1.45. The van der Waals surface area contributed by atoms with Gasteiger partial charge in [-0.2, -0.15) is 9.40 Å². The Kier molecular flexibility index (Phi) is 4.69. The van der Waals surface area contributed by atoms with Crippen molar-refractivity contribution in [2.75, 3.05) is 32.5 Å². The number of carbonyl (C=O) groups excluding carboxylic acids is 1. The molecule has 2 aliphatic heterocycles. The third-order valence-electron chi connectivity index (χ3n) is 4.30. The van der Waals surface area contributed by atoms with Crippen molar-refractivity contribution in [2.24, 2.45) is 0 Å². The van der Waals surface area contributed by atoms with Gasteiger partial charge in [-0.05, 0) is 18.9 Å². The minimum atomic E-state index is -3.34. The van der Waals surface area contributed by atoms with Gasteiger partial charge < -0.3 is 9.64 Å². The fourth-order valence-corrected chi connectivity index (χ4v) is 3.79. The van der Waals surface area contributed by atoms with Crippen LogP contribution in [-0.4, -0.2) is 71.9 Å². The summed E-state index contributed by atoms with van der Waals surface area (Å²) in [6.45, 7) is 2.51. The molecule has 9 heteroatoms. The van der Waals surface area contributed by atoms with Crippen molar-refractivity contribution in [1.82, 2.24) is 19.0 Å². The zero-order valence-corrected chi connectivity index (χ0v) is 14.0. The van der Waals surface area contributed by atoms with E-state index in [1.165, 1.54) is 10.6 Å². The first-order chi connectivity index (χ1) is 10.9. The Bertz CT molecular complexity index is 666. The molecule has 0 saturated carbocycles. The van der Waals surface area contributed by atoms with Gasteiger partial charge in [-0.15, -0.1) is 0 Å². The van der Waals surface area contributed by atoms with Crippen LogP contribution in [0.2, 0.25) is 0 Å². The molecule has 3 rings (SSSR count). The van der Waals surface area contributed by atoms with Gasteiger partial charge in [-0.25, -0.2) is 8.42 Å². The van der Waals surface area contributed by atoms with Crippen LogP contribution in [0.25, 0.3) is 0 Å². The van der Waals surface area contributed by atoms with E-state index in [1.54, 1.807) is 21.8 Å². The third-order valence-corrected chi connectivity index (χ3v) is 5.51. The molecule has 0 bridgehead atoms. The van der Waals surface area contributed by atoms with Gasteiger partial charge in [0.05, 0.1) is 31.1 Å². The Morgan fingerprint density at radius 1 is 1.35 bits per heavy atom. The second kappa shape index (κ2) is 6.58. The van der Waals surface area contributed by atoms with Crippen LogP contribution < -0.4 is 0 Å². The molecule has 1 unspecified atom stereocenters. The highest BCUT2D eigenvalue weighted by atomic mass is 32.2. The lowest BCUT2D eigenvalue weighted by Gasteiger charge is -2.23. The molecule has 1 fully saturated rings. The van der Waals surface area contributed by atoms with Crippen molar-refractivity contribution in [3.63, 3.8) is 0 Å². The van der Waals surface area contributed by atoms with Gasteiger partial charge in [-0.3, -0.25) is 9.48 Å². The molecule has 0 aliphatic carbocycles. The lowest BCUT2D eigenvalue weighted by atomic mass is 10.3. The number of hydrogen-bond acceptors (Lipinski definition) is 5. The lowest BCUT2D eigenvalue weighted by Crippen LogP contribution is -2.39. The molecule has 3 heterocycles. The van der Waals surface area contributed by atoms with Crippen molar-refractivity contribution >= 4 is 15.9 Å². The second-order valence-corrected chi connectivity index (χ2v) is 8.06. The SMILES string of the molecule is CS(=O)(=O)N1Cc2ccnn2CC(OCC(=O)N2CCCC2)C1. The lowest BCUT2D eigenvalue weighted by molar-refractivity contribution is -0.137. The van der Waals surface area contributed by atoms with E-state index in [2.05, 4.69) is 5.10 Å². The maximum atomic E-state index is 12.1. The summed E-state index contributed by atoms with van der Waals surface area (Å²) >= 11 is 0. The predicted molar refractivity (Wildman–Crippen MR) is 83.0 cm³/mol. The summed E-state index contributed by atoms with van der Waals surface area (Å²) in [5.41, 5.74) is 0.826. The maximum absolute atomic E-state index is 12.1. The van der Waals surface area contributed by atoms with Crippen molar-refractivity contribution in [1.29, 1.82) is 0 Å². The van der Waals surface area contributed by atoms with Crippen LogP contribution in [0, 0.1) is 0 Å². The van der Waals surface area contributed by atoms with E-state index in [0.717, 1.165) is 31.6 Å². The van der Waals surface area contributed by atoms with Crippen LogP contribution in [0.1, 0.15) is 18.5 Å². The van der Waals surface area contributed by atoms with Crippen molar-refractivity contribution in [3.05, 3.63) is 18.0 Å². The fourth-order valence-electron chi connectivity index (χ4n) is 2.99. The van der Waals surface area contributed by atoms with Gasteiger partial charge in [-0.1, -0.05) is 0 Å². The first-order valence-corrected chi connectivity index (χ1v) is 9.63. The molecule has 1 aromatic heterocycles. The molecule has 8 nitrogen and oxygen atoms in total. The molecular formula is C14H22N4O4S. The monoisotopic (exact) mass is 342 g/mol. The second-order valence-electron chi connectivity index (χ2n) is 6.08. The highest BCUT2D eigenvalue weighted by Gasteiger charge is 2.29. The summed E-state index contributed by atoms with van der Waals surface area (Å²) in [7, 11) is -3.34. The van der Waals surface area contributed by atoms with Crippen LogP contribution in [0.5, 0.6) is 0 Å². The molecule has 1 saturated heterocycles. The number of fused-ring (bicyclic) bond motifs is 1. The van der Waals surface area contributed by atoms with Crippen LogP contribution >= 0.6 is 0 Å². The van der Waals surface area contributed by atoms with Crippen molar-refractivity contribution < 1.29 is 17.9 Å². The highest BCUT2D eigenvalue weighted by molar-refractivity contribution is 7.88. The first-order valence-electron chi connectivity index (χ1n) is 7.78. The number of sulfonamides is 1. The number of hydrogen-bond donors (Lipinski definition) is 0. The molecule has 23 heavy (non-hydrogen) atoms. The molecule has 1 atom stereocenters. The molecule has 1 amide bonds. The number of likely N-dealkylation sites (tertiary alicyclic amines) is 1. The average molecular weight is 342 g/mol. The summed E-state index contributed by atoms with van der Waals surface area (Å²) in [5.74, 6) is -0.0293. The van der Waals surface area contributed by atoms with Crippen LogP contribution in [0.15, 0.2) is 12.3 Å². The summed E-state index contributed by atoms with van der Waals surface area (Å²) in [6.07, 6.45) is 4.51. The Balaban J connectivity index is 1.67. The molecular weight excluding hydrogens is 320 g/mol. The Morgan fingerprint density at radius 3 is 2.78 bits per heavy atom. The van der Waals surface area contributed by atoms with E-state index < -0.39 is 16.1 Å². The summed E-state index contributed by atoms with van der Waals surface area (Å²) in [4.78, 5) is 13.9. The number of aromatic nitrogens is 2. The molecule has 0 radical (unpaired) electrons. The summed E-state index contributed by atoms with van der Waals surface area (Å²) in [5, 5.41) is 4.21. The Labute approximate surface area is 136 Å². The van der Waals surface area contributed by atoms with E-state index in [-0.39, 0.29) is 25.6 Å². The van der Waals surface area contributed by atoms with Gasteiger partial charge in [0.25, 0.3) is 0 Å². The largest absolute Gasteiger partial charge is 0.365 e. The average Bonchev–Trinajstić information content (AvgIpc) is 3.12. The smallest absolute Gasteiger partial charge is 0.248 e. The predicted octanol–water partition coefficient (Wildman–Crippen LogP) is -0.334. The van der Waals surface area contributed by atoms with Gasteiger partial charge in [0.1, 0.15) is 6.61 Å². The third kappa shape index (κ3) is 3.91. The van der Waals surface area contributed by atoms with E-state index >= 15 is 0 Å². The standard InChI is InChI=1S/C14H22N4O4S/c1-23(20,21)17-8-12-4-5-15-18(12)10-13(9-17)22-11-14(19)16-6-2-3-7-16/h4-5,13H,2-3,6-11H2,1H3. The molecule has 0 aromatic carbocycles. The van der Waals surface area contributed by atoms with Crippen LogP contribution in [-0.2, 0) is 32.6 Å². The zero-order chi connectivity index (χ0) is 16.4. The van der Waals surface area contributed by atoms with Crippen molar-refractivity contribution in [3.8, 4) is 0 Å². The number of amides is 1. The maximum Gasteiger partial charge on any atom is 0.248 e. The number of rotatable bonds is 4. The van der Waals surface area contributed by atoms with Gasteiger partial charge in [0.15, 0.2) is 0 Å². The molecule has 0 spiro atoms. The first kappa shape index (κ1) is 16.4. The quantitative estimate of drug-likeness (QED) is 0.748. The number of ether oxygens (including phenoxy) is 1. The topological polar surface area (TPSA) is 84.7 Å². The van der Waals surface area contributed by atoms with E-state index in [1.807, 2.05) is 0 Å². The minimum Gasteiger partial charge on any atom is -0.365 e. The van der Waals surface area contributed by atoms with Gasteiger partial charge in [0.2, 0.25) is 15.9 Å². The van der Waals surface area contributed by atoms with Crippen LogP contribution in [0.4, 0.5) is 0 Å². The van der Waals surface area contributed by atoms with E-state index in [9.17, 15) is 13.2 Å². The molecule has 1 aromatic rings. The highest BCUT2D eigenvalue weighted by Crippen LogP contribution is 2.16. The summed E-state index contributed by atoms with van der Waals surface area (Å²) in [6, 6.07) is 1.80. The Morgan fingerprint density at radius 2 is 2.09 bits per heavy atom. The fraction of sp³-hybridized carbons (Fsp3) is 0.714. The molecule has 128 valence electrons. The van der Waals surface area contributed by atoms with Gasteiger partial charge >= 0.3 is 0 Å². The molecule has 0 N–H and O–H groups in total. The normalized spacial score (nSPS) is 22.8. The van der Waals surface area contributed by atoms with E-state index in [4.69, 9.17) is 4.74 Å². The van der Waals surface area contributed by atoms with Crippen LogP contribution in [0.3, 0.4) is 0 Å². The molecule has 2 aliphatic rings. The summed E-state index contributed by atoms with van der Waals surface area (Å²) < 4.78 is 32.7. The minimum absolute atomic E-state index is 0.0150. The number of nitrogens with zero attached hydrogens (tertiary/aromatic N) is 4.